The van der Waals surface area contributed by atoms with Gasteiger partial charge in [-0.1, -0.05) is 288 Å². The molecule has 0 amide bonds. The van der Waals surface area contributed by atoms with E-state index in [2.05, 4.69) is 253 Å². The van der Waals surface area contributed by atoms with E-state index < -0.39 is 11.1 Å². The van der Waals surface area contributed by atoms with Gasteiger partial charge >= 0.3 is 0 Å². The van der Waals surface area contributed by atoms with E-state index in [4.69, 9.17) is 9.47 Å². The molecule has 8 aromatic rings. The van der Waals surface area contributed by atoms with E-state index in [0.29, 0.717) is 19.8 Å². The van der Waals surface area contributed by atoms with Crippen molar-refractivity contribution < 1.29 is 9.47 Å². The van der Waals surface area contributed by atoms with Crippen molar-refractivity contribution in [3.05, 3.63) is 287 Å². The molecular formula is C66H72N2O2. The Labute approximate surface area is 419 Å². The highest BCUT2D eigenvalue weighted by atomic mass is 16.5. The van der Waals surface area contributed by atoms with Gasteiger partial charge in [-0.3, -0.25) is 10.2 Å². The minimum atomic E-state index is -0.871. The van der Waals surface area contributed by atoms with Crippen LogP contribution in [0.2, 0.25) is 0 Å². The van der Waals surface area contributed by atoms with Gasteiger partial charge in [0.2, 0.25) is 0 Å². The van der Waals surface area contributed by atoms with Crippen molar-refractivity contribution in [3.8, 4) is 0 Å². The highest BCUT2D eigenvalue weighted by Crippen LogP contribution is 2.42. The predicted molar refractivity (Wildman–Crippen MR) is 291 cm³/mol. The van der Waals surface area contributed by atoms with Crippen LogP contribution in [0.15, 0.2) is 243 Å². The molecule has 1 N–H and O–H groups in total. The Bertz CT molecular complexity index is 2360. The number of nitrogens with zero attached hydrogens (tertiary/aromatic N) is 1. The minimum Gasteiger partial charge on any atom is -0.380 e. The summed E-state index contributed by atoms with van der Waals surface area (Å²) in [6.07, 6.45) is 11.2. The summed E-state index contributed by atoms with van der Waals surface area (Å²) in [5.74, 6) is 0. The Kier molecular flexibility index (Phi) is 19.4. The van der Waals surface area contributed by atoms with Gasteiger partial charge in [-0.2, -0.15) is 0 Å². The van der Waals surface area contributed by atoms with E-state index in [0.717, 1.165) is 59.4 Å². The largest absolute Gasteiger partial charge is 0.380 e. The van der Waals surface area contributed by atoms with E-state index >= 15 is 0 Å². The smallest absolute Gasteiger partial charge is 0.143 e. The lowest BCUT2D eigenvalue weighted by Crippen LogP contribution is -2.54. The zero-order valence-electron chi connectivity index (χ0n) is 41.0. The highest BCUT2D eigenvalue weighted by Gasteiger charge is 2.41. The summed E-state index contributed by atoms with van der Waals surface area (Å²) in [5.41, 5.74) is 7.92. The zero-order valence-corrected chi connectivity index (χ0v) is 41.0. The number of hydrogen-bond donors (Lipinski definition) is 1. The monoisotopic (exact) mass is 925 g/mol. The maximum atomic E-state index is 7.58. The lowest BCUT2D eigenvalue weighted by atomic mass is 9.76. The van der Waals surface area contributed by atoms with Crippen molar-refractivity contribution in [3.63, 3.8) is 0 Å². The molecule has 0 aliphatic rings. The first kappa shape index (κ1) is 50.0. The van der Waals surface area contributed by atoms with E-state index in [9.17, 15) is 0 Å². The SMILES string of the molecule is c1ccc(CN(CCCCCCCCCCCOC[C@H](COC(c2ccccc2)(c2ccccc2)c2ccccc2)NC(c2ccccc2)(c2ccccc2)c2ccccc2)Cc2ccccc2)cc1. The van der Waals surface area contributed by atoms with Crippen LogP contribution in [0.3, 0.4) is 0 Å². The molecule has 0 bridgehead atoms. The molecule has 1 atom stereocenters. The normalized spacial score (nSPS) is 12.2. The molecule has 4 nitrogen and oxygen atoms in total. The van der Waals surface area contributed by atoms with E-state index in [-0.39, 0.29) is 6.04 Å². The Morgan fingerprint density at radius 1 is 0.343 bits per heavy atom. The van der Waals surface area contributed by atoms with Gasteiger partial charge in [-0.05, 0) is 63.9 Å². The van der Waals surface area contributed by atoms with Gasteiger partial charge in [0.25, 0.3) is 0 Å². The lowest BCUT2D eigenvalue weighted by Gasteiger charge is -2.42. The molecule has 4 heteroatoms. The molecule has 0 unspecified atom stereocenters. The number of benzene rings is 8. The van der Waals surface area contributed by atoms with Crippen LogP contribution in [0, 0.1) is 0 Å². The van der Waals surface area contributed by atoms with Crippen LogP contribution >= 0.6 is 0 Å². The van der Waals surface area contributed by atoms with E-state index in [1.54, 1.807) is 0 Å². The molecule has 0 aliphatic heterocycles. The molecule has 8 aromatic carbocycles. The first-order chi connectivity index (χ1) is 34.7. The standard InChI is InChI=1S/C66H72N2O2/c1(2-4-6-32-50-68(52-56-34-16-8-17-35-56)53-57-36-18-9-19-37-57)3-5-7-33-51-69-54-64(67-65(58-38-20-10-21-39-58,59-40-22-11-23-41-59)60-42-24-12-25-43-60)55-70-66(61-44-26-13-27-45-61,62-46-28-14-29-47-62)63-48-30-15-31-49-63/h8-31,34-49,64,67H,1-7,32-33,50-55H2/t64-/m1/s1. The third kappa shape index (κ3) is 13.7. The number of ether oxygens (including phenoxy) is 2. The van der Waals surface area contributed by atoms with Gasteiger partial charge in [-0.25, -0.2) is 0 Å². The van der Waals surface area contributed by atoms with Gasteiger partial charge in [0.1, 0.15) is 5.60 Å². The fourth-order valence-corrected chi connectivity index (χ4v) is 10.1. The molecule has 0 saturated heterocycles. The van der Waals surface area contributed by atoms with Crippen LogP contribution < -0.4 is 5.32 Å². The molecule has 358 valence electrons. The Balaban J connectivity index is 0.916. The minimum absolute atomic E-state index is 0.208. The molecule has 0 fully saturated rings. The fraction of sp³-hybridized carbons (Fsp3) is 0.273. The summed E-state index contributed by atoms with van der Waals surface area (Å²) in [6, 6.07) is 86.2. The molecule has 0 heterocycles. The van der Waals surface area contributed by atoms with Crippen LogP contribution in [0.5, 0.6) is 0 Å². The average Bonchev–Trinajstić information content (AvgIpc) is 3.43. The maximum Gasteiger partial charge on any atom is 0.143 e. The molecule has 8 rings (SSSR count). The summed E-state index contributed by atoms with van der Waals surface area (Å²) < 4.78 is 14.3. The van der Waals surface area contributed by atoms with Crippen LogP contribution in [0.25, 0.3) is 0 Å². The number of hydrogen-bond acceptors (Lipinski definition) is 4. The second-order valence-corrected chi connectivity index (χ2v) is 18.7. The van der Waals surface area contributed by atoms with Gasteiger partial charge in [0.15, 0.2) is 0 Å². The molecule has 70 heavy (non-hydrogen) atoms. The summed E-state index contributed by atoms with van der Waals surface area (Å²) >= 11 is 0. The molecular weight excluding hydrogens is 853 g/mol. The molecule has 0 aliphatic carbocycles. The van der Waals surface area contributed by atoms with Gasteiger partial charge in [0.05, 0.1) is 24.8 Å². The van der Waals surface area contributed by atoms with Crippen molar-refractivity contribution in [2.45, 2.75) is 88.1 Å². The number of unbranched alkanes of at least 4 members (excludes halogenated alkanes) is 8. The maximum absolute atomic E-state index is 7.58. The van der Waals surface area contributed by atoms with Crippen LogP contribution in [0.4, 0.5) is 0 Å². The second kappa shape index (κ2) is 27.1. The van der Waals surface area contributed by atoms with Crippen molar-refractivity contribution in [2.24, 2.45) is 0 Å². The number of rotatable bonds is 29. The Hall–Kier alpha value is -6.40. The zero-order chi connectivity index (χ0) is 47.8. The predicted octanol–water partition coefficient (Wildman–Crippen LogP) is 15.2. The molecule has 0 aromatic heterocycles. The third-order valence-corrected chi connectivity index (χ3v) is 13.7. The van der Waals surface area contributed by atoms with Gasteiger partial charge in [-0.15, -0.1) is 0 Å². The summed E-state index contributed by atoms with van der Waals surface area (Å²) in [5, 5.41) is 4.26. The molecule has 0 spiro atoms. The van der Waals surface area contributed by atoms with Crippen molar-refractivity contribution in [1.82, 2.24) is 10.2 Å². The van der Waals surface area contributed by atoms with E-state index in [1.807, 2.05) is 0 Å². The van der Waals surface area contributed by atoms with Gasteiger partial charge in [0, 0.05) is 19.7 Å². The average molecular weight is 925 g/mol. The topological polar surface area (TPSA) is 33.7 Å². The molecule has 0 saturated carbocycles. The van der Waals surface area contributed by atoms with Crippen LogP contribution in [-0.2, 0) is 33.7 Å². The van der Waals surface area contributed by atoms with Crippen LogP contribution in [-0.4, -0.2) is 37.3 Å². The number of nitrogens with one attached hydrogen (secondary N) is 1. The first-order valence-electron chi connectivity index (χ1n) is 25.9. The third-order valence-electron chi connectivity index (χ3n) is 13.7. The van der Waals surface area contributed by atoms with Crippen molar-refractivity contribution >= 4 is 0 Å². The van der Waals surface area contributed by atoms with E-state index in [1.165, 1.54) is 62.5 Å². The van der Waals surface area contributed by atoms with Crippen molar-refractivity contribution in [1.29, 1.82) is 0 Å². The Morgan fingerprint density at radius 2 is 0.657 bits per heavy atom. The second-order valence-electron chi connectivity index (χ2n) is 18.7. The summed E-state index contributed by atoms with van der Waals surface area (Å²) in [6.45, 7) is 4.69. The van der Waals surface area contributed by atoms with Crippen molar-refractivity contribution in [2.75, 3.05) is 26.4 Å². The summed E-state index contributed by atoms with van der Waals surface area (Å²) in [7, 11) is 0. The first-order valence-corrected chi connectivity index (χ1v) is 25.9. The Morgan fingerprint density at radius 3 is 1.03 bits per heavy atom. The summed E-state index contributed by atoms with van der Waals surface area (Å²) in [4.78, 5) is 2.61. The quantitative estimate of drug-likeness (QED) is 0.0375. The molecule has 0 radical (unpaired) electrons. The lowest BCUT2D eigenvalue weighted by molar-refractivity contribution is -0.0203. The van der Waals surface area contributed by atoms with Crippen LogP contribution in [0.1, 0.15) is 102 Å². The highest BCUT2D eigenvalue weighted by molar-refractivity contribution is 5.50. The van der Waals surface area contributed by atoms with Gasteiger partial charge < -0.3 is 9.47 Å². The fourth-order valence-electron chi connectivity index (χ4n) is 10.1.